The van der Waals surface area contributed by atoms with E-state index in [0.29, 0.717) is 25.2 Å². The van der Waals surface area contributed by atoms with Crippen LogP contribution in [0.4, 0.5) is 17.1 Å². The van der Waals surface area contributed by atoms with Crippen molar-refractivity contribution in [2.75, 3.05) is 23.7 Å². The second-order valence-electron chi connectivity index (χ2n) is 7.73. The van der Waals surface area contributed by atoms with Crippen LogP contribution in [0.1, 0.15) is 19.4 Å². The number of nitrogens with one attached hydrogen (secondary N) is 3. The van der Waals surface area contributed by atoms with Gasteiger partial charge in [0, 0.05) is 19.3 Å². The van der Waals surface area contributed by atoms with Crippen LogP contribution in [0.25, 0.3) is 0 Å². The molecule has 0 spiro atoms. The number of rotatable bonds is 9. The van der Waals surface area contributed by atoms with Crippen LogP contribution < -0.4 is 26.8 Å². The van der Waals surface area contributed by atoms with E-state index in [2.05, 4.69) is 20.9 Å². The van der Waals surface area contributed by atoms with Crippen molar-refractivity contribution in [3.05, 3.63) is 80.9 Å². The number of anilines is 3. The van der Waals surface area contributed by atoms with Gasteiger partial charge in [-0.3, -0.25) is 19.4 Å². The lowest BCUT2D eigenvalue weighted by Crippen LogP contribution is -2.42. The minimum absolute atomic E-state index is 0.0580. The quantitative estimate of drug-likeness (QED) is 0.483. The SMILES string of the molecule is CC(C)(CNC(=O)Cc1ccccc1)CNc1c(Nc2cccnc2)c(=O)c1=O. The highest BCUT2D eigenvalue weighted by Gasteiger charge is 2.25. The third-order valence-corrected chi connectivity index (χ3v) is 4.56. The van der Waals surface area contributed by atoms with E-state index in [4.69, 9.17) is 0 Å². The van der Waals surface area contributed by atoms with Crippen molar-refractivity contribution in [3.8, 4) is 0 Å². The van der Waals surface area contributed by atoms with Gasteiger partial charge in [-0.25, -0.2) is 0 Å². The summed E-state index contributed by atoms with van der Waals surface area (Å²) in [5, 5.41) is 8.93. The van der Waals surface area contributed by atoms with Gasteiger partial charge in [-0.15, -0.1) is 0 Å². The molecule has 0 aliphatic heterocycles. The van der Waals surface area contributed by atoms with E-state index in [1.54, 1.807) is 24.5 Å². The molecule has 7 heteroatoms. The number of aromatic nitrogens is 1. The molecule has 150 valence electrons. The molecule has 1 aromatic heterocycles. The van der Waals surface area contributed by atoms with E-state index in [0.717, 1.165) is 5.56 Å². The van der Waals surface area contributed by atoms with Gasteiger partial charge >= 0.3 is 0 Å². The van der Waals surface area contributed by atoms with Crippen molar-refractivity contribution in [3.63, 3.8) is 0 Å². The predicted octanol–water partition coefficient (Wildman–Crippen LogP) is 2.22. The third kappa shape index (κ3) is 5.28. The topological polar surface area (TPSA) is 100 Å². The van der Waals surface area contributed by atoms with Crippen LogP contribution in [0, 0.1) is 5.41 Å². The minimum atomic E-state index is -0.551. The van der Waals surface area contributed by atoms with E-state index < -0.39 is 10.9 Å². The fraction of sp³-hybridized carbons (Fsp3) is 0.273. The van der Waals surface area contributed by atoms with Crippen LogP contribution >= 0.6 is 0 Å². The normalized spacial score (nSPS) is 11.2. The van der Waals surface area contributed by atoms with Gasteiger partial charge in [-0.2, -0.15) is 0 Å². The Kier molecular flexibility index (Phi) is 6.07. The molecule has 0 aliphatic carbocycles. The number of carbonyl (C=O) groups excluding carboxylic acids is 1. The number of hydrogen-bond acceptors (Lipinski definition) is 6. The largest absolute Gasteiger partial charge is 0.379 e. The first-order chi connectivity index (χ1) is 13.9. The van der Waals surface area contributed by atoms with Crippen molar-refractivity contribution in [2.45, 2.75) is 20.3 Å². The number of nitrogens with zero attached hydrogens (tertiary/aromatic N) is 1. The fourth-order valence-electron chi connectivity index (χ4n) is 2.83. The highest BCUT2D eigenvalue weighted by atomic mass is 16.2. The molecule has 1 amide bonds. The van der Waals surface area contributed by atoms with E-state index >= 15 is 0 Å². The average molecular weight is 392 g/mol. The van der Waals surface area contributed by atoms with Gasteiger partial charge in [-0.05, 0) is 23.1 Å². The molecule has 3 aromatic rings. The zero-order chi connectivity index (χ0) is 20.9. The first-order valence-electron chi connectivity index (χ1n) is 9.40. The van der Waals surface area contributed by atoms with E-state index in [-0.39, 0.29) is 22.7 Å². The summed E-state index contributed by atoms with van der Waals surface area (Å²) in [4.78, 5) is 40.0. The second kappa shape index (κ2) is 8.68. The van der Waals surface area contributed by atoms with Gasteiger partial charge in [0.25, 0.3) is 10.9 Å². The smallest absolute Gasteiger partial charge is 0.253 e. The predicted molar refractivity (Wildman–Crippen MR) is 114 cm³/mol. The van der Waals surface area contributed by atoms with Gasteiger partial charge in [0.15, 0.2) is 0 Å². The molecule has 0 atom stereocenters. The highest BCUT2D eigenvalue weighted by molar-refractivity contribution is 5.79. The van der Waals surface area contributed by atoms with Crippen molar-refractivity contribution < 1.29 is 4.79 Å². The first kappa shape index (κ1) is 20.3. The van der Waals surface area contributed by atoms with Crippen molar-refractivity contribution >= 4 is 23.0 Å². The molecule has 0 unspecified atom stereocenters. The second-order valence-corrected chi connectivity index (χ2v) is 7.73. The molecule has 3 rings (SSSR count). The number of carbonyl (C=O) groups is 1. The molecule has 0 saturated heterocycles. The molecule has 0 aliphatic rings. The average Bonchev–Trinajstić information content (AvgIpc) is 2.73. The molecular formula is C22H24N4O3. The Bertz CT molecular complexity index is 1040. The number of benzene rings is 1. The first-order valence-corrected chi connectivity index (χ1v) is 9.40. The van der Waals surface area contributed by atoms with E-state index in [9.17, 15) is 14.4 Å². The summed E-state index contributed by atoms with van der Waals surface area (Å²) >= 11 is 0. The molecular weight excluding hydrogens is 368 g/mol. The van der Waals surface area contributed by atoms with Gasteiger partial charge in [0.2, 0.25) is 5.91 Å². The van der Waals surface area contributed by atoms with Gasteiger partial charge in [0.1, 0.15) is 11.4 Å². The summed E-state index contributed by atoms with van der Waals surface area (Å²) in [6, 6.07) is 13.0. The monoisotopic (exact) mass is 392 g/mol. The summed E-state index contributed by atoms with van der Waals surface area (Å²) in [5.74, 6) is -0.0580. The van der Waals surface area contributed by atoms with Crippen LogP contribution in [-0.4, -0.2) is 24.0 Å². The minimum Gasteiger partial charge on any atom is -0.379 e. The van der Waals surface area contributed by atoms with Crippen molar-refractivity contribution in [1.82, 2.24) is 10.3 Å². The lowest BCUT2D eigenvalue weighted by molar-refractivity contribution is -0.120. The van der Waals surface area contributed by atoms with Gasteiger partial charge in [0.05, 0.1) is 18.3 Å². The Morgan fingerprint density at radius 1 is 0.966 bits per heavy atom. The van der Waals surface area contributed by atoms with Gasteiger partial charge in [-0.1, -0.05) is 44.2 Å². The lowest BCUT2D eigenvalue weighted by atomic mass is 9.93. The summed E-state index contributed by atoms with van der Waals surface area (Å²) < 4.78 is 0. The maximum atomic E-state index is 12.2. The fourth-order valence-corrected chi connectivity index (χ4v) is 2.83. The molecule has 29 heavy (non-hydrogen) atoms. The Balaban J connectivity index is 1.54. The third-order valence-electron chi connectivity index (χ3n) is 4.56. The standard InChI is InChI=1S/C22H24N4O3/c1-22(2,13-24-17(27)11-15-7-4-3-5-8-15)14-25-18-19(21(29)20(18)28)26-16-9-6-10-23-12-16/h3-10,12,25-26H,11,13-14H2,1-2H3,(H,24,27). The Labute approximate surface area is 168 Å². The molecule has 3 N–H and O–H groups in total. The van der Waals surface area contributed by atoms with Crippen LogP contribution in [0.2, 0.25) is 0 Å². The zero-order valence-electron chi connectivity index (χ0n) is 16.5. The van der Waals surface area contributed by atoms with Crippen LogP contribution in [-0.2, 0) is 11.2 Å². The summed E-state index contributed by atoms with van der Waals surface area (Å²) in [5.41, 5.74) is 0.684. The molecule has 0 bridgehead atoms. The lowest BCUT2D eigenvalue weighted by Gasteiger charge is -2.27. The molecule has 0 radical (unpaired) electrons. The van der Waals surface area contributed by atoms with Crippen LogP contribution in [0.3, 0.4) is 0 Å². The van der Waals surface area contributed by atoms with Gasteiger partial charge < -0.3 is 16.0 Å². The maximum Gasteiger partial charge on any atom is 0.253 e. The molecule has 1 heterocycles. The molecule has 0 saturated carbocycles. The Morgan fingerprint density at radius 3 is 2.38 bits per heavy atom. The van der Waals surface area contributed by atoms with E-state index in [1.807, 2.05) is 44.2 Å². The summed E-state index contributed by atoms with van der Waals surface area (Å²) in [6.07, 6.45) is 3.52. The molecule has 7 nitrogen and oxygen atoms in total. The van der Waals surface area contributed by atoms with Crippen molar-refractivity contribution in [2.24, 2.45) is 5.41 Å². The van der Waals surface area contributed by atoms with E-state index in [1.165, 1.54) is 0 Å². The number of pyridine rings is 1. The Hall–Kier alpha value is -3.48. The maximum absolute atomic E-state index is 12.2. The highest BCUT2D eigenvalue weighted by Crippen LogP contribution is 2.22. The van der Waals surface area contributed by atoms with Crippen molar-refractivity contribution in [1.29, 1.82) is 0 Å². The van der Waals surface area contributed by atoms with Crippen LogP contribution in [0.15, 0.2) is 64.4 Å². The molecule has 0 fully saturated rings. The Morgan fingerprint density at radius 2 is 1.69 bits per heavy atom. The van der Waals surface area contributed by atoms with Crippen LogP contribution in [0.5, 0.6) is 0 Å². The number of hydrogen-bond donors (Lipinski definition) is 3. The zero-order valence-corrected chi connectivity index (χ0v) is 16.5. The summed E-state index contributed by atoms with van der Waals surface area (Å²) in [7, 11) is 0. The summed E-state index contributed by atoms with van der Waals surface area (Å²) in [6.45, 7) is 4.81. The molecule has 2 aromatic carbocycles. The number of amides is 1.